The molecule has 0 aromatic carbocycles. The maximum atomic E-state index is 13.0. The lowest BCUT2D eigenvalue weighted by atomic mass is 9.85. The fourth-order valence-electron chi connectivity index (χ4n) is 2.40. The average molecular weight is 252 g/mol. The quantitative estimate of drug-likeness (QED) is 0.857. The Morgan fingerprint density at radius 3 is 2.94 bits per heavy atom. The molecule has 2 atom stereocenters. The van der Waals surface area contributed by atoms with Gasteiger partial charge >= 0.3 is 0 Å². The Balaban J connectivity index is 2.02. The van der Waals surface area contributed by atoms with Crippen molar-refractivity contribution in [3.05, 3.63) is 29.8 Å². The minimum Gasteiger partial charge on any atom is -0.396 e. The van der Waals surface area contributed by atoms with Crippen molar-refractivity contribution in [2.24, 2.45) is 5.92 Å². The highest BCUT2D eigenvalue weighted by atomic mass is 19.1. The molecule has 1 aromatic rings. The van der Waals surface area contributed by atoms with E-state index in [1.165, 1.54) is 12.3 Å². The Bertz CT molecular complexity index is 425. The van der Waals surface area contributed by atoms with E-state index in [-0.39, 0.29) is 30.0 Å². The highest BCUT2D eigenvalue weighted by Crippen LogP contribution is 2.24. The molecule has 18 heavy (non-hydrogen) atoms. The van der Waals surface area contributed by atoms with Gasteiger partial charge in [-0.3, -0.25) is 9.78 Å². The molecular weight excluding hydrogens is 235 g/mol. The van der Waals surface area contributed by atoms with Crippen LogP contribution in [0.1, 0.15) is 36.0 Å². The van der Waals surface area contributed by atoms with Crippen molar-refractivity contribution in [2.75, 3.05) is 6.61 Å². The lowest BCUT2D eigenvalue weighted by Crippen LogP contribution is -2.43. The second-order valence-corrected chi connectivity index (χ2v) is 4.70. The third-order valence-electron chi connectivity index (χ3n) is 3.43. The lowest BCUT2D eigenvalue weighted by Gasteiger charge is -2.30. The molecule has 1 aliphatic carbocycles. The normalized spacial score (nSPS) is 23.7. The molecule has 1 aliphatic rings. The van der Waals surface area contributed by atoms with Crippen molar-refractivity contribution in [3.8, 4) is 0 Å². The zero-order valence-corrected chi connectivity index (χ0v) is 10.1. The van der Waals surface area contributed by atoms with Crippen LogP contribution in [0.3, 0.4) is 0 Å². The Morgan fingerprint density at radius 2 is 2.22 bits per heavy atom. The van der Waals surface area contributed by atoms with Crippen LogP contribution in [-0.4, -0.2) is 28.6 Å². The molecule has 2 rings (SSSR count). The summed E-state index contributed by atoms with van der Waals surface area (Å²) in [5.41, 5.74) is 0.220. The molecule has 4 nitrogen and oxygen atoms in total. The number of nitrogens with one attached hydrogen (secondary N) is 1. The van der Waals surface area contributed by atoms with Gasteiger partial charge in [0.2, 0.25) is 0 Å². The maximum Gasteiger partial charge on any atom is 0.253 e. The summed E-state index contributed by atoms with van der Waals surface area (Å²) < 4.78 is 13.0. The summed E-state index contributed by atoms with van der Waals surface area (Å²) in [7, 11) is 0. The number of aliphatic hydroxyl groups is 1. The summed E-state index contributed by atoms with van der Waals surface area (Å²) in [6, 6.07) is 1.14. The number of aliphatic hydroxyl groups excluding tert-OH is 1. The van der Waals surface area contributed by atoms with E-state index in [1.807, 2.05) is 0 Å². The molecular formula is C13H17FN2O2. The van der Waals surface area contributed by atoms with Crippen LogP contribution in [0.25, 0.3) is 0 Å². The third-order valence-corrected chi connectivity index (χ3v) is 3.43. The van der Waals surface area contributed by atoms with E-state index in [4.69, 9.17) is 0 Å². The SMILES string of the molecule is O=C(NC1CCCCC1CO)c1cncc(F)c1. The van der Waals surface area contributed by atoms with Crippen LogP contribution in [-0.2, 0) is 0 Å². The van der Waals surface area contributed by atoms with Gasteiger partial charge in [-0.15, -0.1) is 0 Å². The van der Waals surface area contributed by atoms with Crippen molar-refractivity contribution in [1.29, 1.82) is 0 Å². The first-order valence-electron chi connectivity index (χ1n) is 6.23. The largest absolute Gasteiger partial charge is 0.396 e. The Morgan fingerprint density at radius 1 is 1.44 bits per heavy atom. The first kappa shape index (κ1) is 13.0. The monoisotopic (exact) mass is 252 g/mol. The number of amides is 1. The standard InChI is InChI=1S/C13H17FN2O2/c14-11-5-10(6-15-7-11)13(18)16-12-4-2-1-3-9(12)8-17/h5-7,9,12,17H,1-4,8H2,(H,16,18). The second-order valence-electron chi connectivity index (χ2n) is 4.70. The zero-order chi connectivity index (χ0) is 13.0. The van der Waals surface area contributed by atoms with Crippen LogP contribution in [0, 0.1) is 11.7 Å². The van der Waals surface area contributed by atoms with E-state index in [0.29, 0.717) is 0 Å². The van der Waals surface area contributed by atoms with Gasteiger partial charge in [0.15, 0.2) is 0 Å². The van der Waals surface area contributed by atoms with Crippen molar-refractivity contribution in [2.45, 2.75) is 31.7 Å². The first-order chi connectivity index (χ1) is 8.70. The summed E-state index contributed by atoms with van der Waals surface area (Å²) in [4.78, 5) is 15.6. The second kappa shape index (κ2) is 5.91. The smallest absolute Gasteiger partial charge is 0.253 e. The van der Waals surface area contributed by atoms with Crippen LogP contribution < -0.4 is 5.32 Å². The number of hydrogen-bond donors (Lipinski definition) is 2. The molecule has 1 aromatic heterocycles. The predicted octanol–water partition coefficient (Wildman–Crippen LogP) is 1.50. The number of rotatable bonds is 3. The number of pyridine rings is 1. The summed E-state index contributed by atoms with van der Waals surface area (Å²) >= 11 is 0. The number of nitrogens with zero attached hydrogens (tertiary/aromatic N) is 1. The topological polar surface area (TPSA) is 62.2 Å². The van der Waals surface area contributed by atoms with Gasteiger partial charge in [-0.05, 0) is 18.9 Å². The first-order valence-corrected chi connectivity index (χ1v) is 6.23. The number of hydrogen-bond acceptors (Lipinski definition) is 3. The van der Waals surface area contributed by atoms with Gasteiger partial charge in [-0.1, -0.05) is 12.8 Å². The van der Waals surface area contributed by atoms with Gasteiger partial charge in [-0.25, -0.2) is 4.39 Å². The number of carbonyl (C=O) groups excluding carboxylic acids is 1. The van der Waals surface area contributed by atoms with E-state index >= 15 is 0 Å². The minimum absolute atomic E-state index is 0.0282. The summed E-state index contributed by atoms with van der Waals surface area (Å²) in [6.07, 6.45) is 6.31. The van der Waals surface area contributed by atoms with E-state index in [9.17, 15) is 14.3 Å². The predicted molar refractivity (Wildman–Crippen MR) is 64.5 cm³/mol. The van der Waals surface area contributed by atoms with Crippen LogP contribution in [0.15, 0.2) is 18.5 Å². The van der Waals surface area contributed by atoms with Gasteiger partial charge in [0, 0.05) is 24.8 Å². The van der Waals surface area contributed by atoms with Gasteiger partial charge < -0.3 is 10.4 Å². The number of aromatic nitrogens is 1. The molecule has 2 unspecified atom stereocenters. The lowest BCUT2D eigenvalue weighted by molar-refractivity contribution is 0.0872. The molecule has 0 spiro atoms. The van der Waals surface area contributed by atoms with Crippen LogP contribution in [0.5, 0.6) is 0 Å². The molecule has 1 saturated carbocycles. The van der Waals surface area contributed by atoms with E-state index in [2.05, 4.69) is 10.3 Å². The summed E-state index contributed by atoms with van der Waals surface area (Å²) in [6.45, 7) is 0.0757. The zero-order valence-electron chi connectivity index (χ0n) is 10.1. The maximum absolute atomic E-state index is 13.0. The molecule has 0 radical (unpaired) electrons. The van der Waals surface area contributed by atoms with E-state index in [0.717, 1.165) is 31.9 Å². The minimum atomic E-state index is -0.523. The van der Waals surface area contributed by atoms with E-state index in [1.54, 1.807) is 0 Å². The molecule has 1 amide bonds. The molecule has 0 aliphatic heterocycles. The van der Waals surface area contributed by atoms with Crippen molar-refractivity contribution in [3.63, 3.8) is 0 Å². The van der Waals surface area contributed by atoms with Crippen molar-refractivity contribution < 1.29 is 14.3 Å². The summed E-state index contributed by atoms with van der Waals surface area (Å²) in [5.74, 6) is -0.749. The Labute approximate surface area is 105 Å². The Kier molecular flexibility index (Phi) is 4.25. The Hall–Kier alpha value is -1.49. The van der Waals surface area contributed by atoms with Gasteiger partial charge in [0.25, 0.3) is 5.91 Å². The molecule has 0 bridgehead atoms. The highest BCUT2D eigenvalue weighted by Gasteiger charge is 2.26. The molecule has 0 saturated heterocycles. The highest BCUT2D eigenvalue weighted by molar-refractivity contribution is 5.94. The van der Waals surface area contributed by atoms with Gasteiger partial charge in [-0.2, -0.15) is 0 Å². The third kappa shape index (κ3) is 3.04. The molecule has 5 heteroatoms. The fourth-order valence-corrected chi connectivity index (χ4v) is 2.40. The van der Waals surface area contributed by atoms with Gasteiger partial charge in [0.1, 0.15) is 5.82 Å². The fraction of sp³-hybridized carbons (Fsp3) is 0.538. The molecule has 1 fully saturated rings. The number of carbonyl (C=O) groups is 1. The van der Waals surface area contributed by atoms with E-state index < -0.39 is 5.82 Å². The molecule has 98 valence electrons. The van der Waals surface area contributed by atoms with Crippen molar-refractivity contribution in [1.82, 2.24) is 10.3 Å². The van der Waals surface area contributed by atoms with Gasteiger partial charge in [0.05, 0.1) is 11.8 Å². The summed E-state index contributed by atoms with van der Waals surface area (Å²) in [5, 5.41) is 12.1. The van der Waals surface area contributed by atoms with Crippen LogP contribution >= 0.6 is 0 Å². The van der Waals surface area contributed by atoms with Crippen molar-refractivity contribution >= 4 is 5.91 Å². The van der Waals surface area contributed by atoms with Crippen LogP contribution in [0.2, 0.25) is 0 Å². The molecule has 2 N–H and O–H groups in total. The van der Waals surface area contributed by atoms with Crippen LogP contribution in [0.4, 0.5) is 4.39 Å². The number of halogens is 1. The average Bonchev–Trinajstić information content (AvgIpc) is 2.39. The molecule has 1 heterocycles.